The van der Waals surface area contributed by atoms with E-state index in [1.165, 1.54) is 11.1 Å². The van der Waals surface area contributed by atoms with Gasteiger partial charge in [0.05, 0.1) is 23.8 Å². The normalized spacial score (nSPS) is 16.6. The predicted octanol–water partition coefficient (Wildman–Crippen LogP) is 3.30. The maximum Gasteiger partial charge on any atom is 0.240 e. The standard InChI is InChI=1S/C23H26N4O/c1-17-8-10-19(11-9-17)14-27-15-21-20(24-16-25-21)12-22(27)23(28)26(2)13-18-6-4-3-5-7-18/h3-11,16,22H,12-15H2,1-2H3,(H,24,25)/t22-/m0/s1. The van der Waals surface area contributed by atoms with Gasteiger partial charge in [-0.25, -0.2) is 4.98 Å². The van der Waals surface area contributed by atoms with Gasteiger partial charge in [-0.3, -0.25) is 9.69 Å². The number of imidazole rings is 1. The van der Waals surface area contributed by atoms with Crippen LogP contribution in [0.15, 0.2) is 60.9 Å². The molecule has 1 aliphatic heterocycles. The number of nitrogens with zero attached hydrogens (tertiary/aromatic N) is 3. The summed E-state index contributed by atoms with van der Waals surface area (Å²) in [6, 6.07) is 18.5. The van der Waals surface area contributed by atoms with Crippen LogP contribution in [-0.2, 0) is 30.8 Å². The summed E-state index contributed by atoms with van der Waals surface area (Å²) < 4.78 is 0. The molecule has 28 heavy (non-hydrogen) atoms. The van der Waals surface area contributed by atoms with Crippen molar-refractivity contribution in [2.75, 3.05) is 7.05 Å². The summed E-state index contributed by atoms with van der Waals surface area (Å²) in [5.74, 6) is 0.143. The molecule has 3 aromatic rings. The van der Waals surface area contributed by atoms with Crippen LogP contribution in [0.3, 0.4) is 0 Å². The lowest BCUT2D eigenvalue weighted by Gasteiger charge is -2.36. The summed E-state index contributed by atoms with van der Waals surface area (Å²) in [6.07, 6.45) is 2.37. The first-order valence-corrected chi connectivity index (χ1v) is 9.70. The van der Waals surface area contributed by atoms with Crippen LogP contribution in [0.2, 0.25) is 0 Å². The maximum atomic E-state index is 13.3. The third-order valence-electron chi connectivity index (χ3n) is 5.43. The van der Waals surface area contributed by atoms with E-state index in [0.717, 1.165) is 23.5 Å². The highest BCUT2D eigenvalue weighted by atomic mass is 16.2. The molecule has 1 aromatic heterocycles. The van der Waals surface area contributed by atoms with Gasteiger partial charge >= 0.3 is 0 Å². The average Bonchev–Trinajstić information content (AvgIpc) is 3.16. The number of aromatic nitrogens is 2. The van der Waals surface area contributed by atoms with Gasteiger partial charge in [0.1, 0.15) is 0 Å². The average molecular weight is 374 g/mol. The van der Waals surface area contributed by atoms with E-state index in [4.69, 9.17) is 0 Å². The van der Waals surface area contributed by atoms with Crippen LogP contribution in [0.4, 0.5) is 0 Å². The zero-order valence-corrected chi connectivity index (χ0v) is 16.4. The number of H-pyrrole nitrogens is 1. The van der Waals surface area contributed by atoms with Crippen molar-refractivity contribution < 1.29 is 4.79 Å². The van der Waals surface area contributed by atoms with Gasteiger partial charge < -0.3 is 9.88 Å². The number of rotatable bonds is 5. The van der Waals surface area contributed by atoms with E-state index in [9.17, 15) is 4.79 Å². The number of amides is 1. The third-order valence-corrected chi connectivity index (χ3v) is 5.43. The molecule has 1 amide bonds. The number of carbonyl (C=O) groups excluding carboxylic acids is 1. The van der Waals surface area contributed by atoms with E-state index < -0.39 is 0 Å². The maximum absolute atomic E-state index is 13.3. The fraction of sp³-hybridized carbons (Fsp3) is 0.304. The van der Waals surface area contributed by atoms with Crippen LogP contribution in [0.5, 0.6) is 0 Å². The van der Waals surface area contributed by atoms with Gasteiger partial charge in [-0.2, -0.15) is 0 Å². The van der Waals surface area contributed by atoms with Gasteiger partial charge in [0.25, 0.3) is 0 Å². The molecule has 0 radical (unpaired) electrons. The molecule has 4 rings (SSSR count). The zero-order chi connectivity index (χ0) is 19.5. The Morgan fingerprint density at radius 3 is 2.64 bits per heavy atom. The molecule has 0 saturated carbocycles. The van der Waals surface area contributed by atoms with Crippen molar-refractivity contribution in [1.29, 1.82) is 0 Å². The van der Waals surface area contributed by atoms with Crippen molar-refractivity contribution in [2.24, 2.45) is 0 Å². The van der Waals surface area contributed by atoms with E-state index in [1.54, 1.807) is 6.33 Å². The lowest BCUT2D eigenvalue weighted by atomic mass is 10.00. The first kappa shape index (κ1) is 18.4. The van der Waals surface area contributed by atoms with Crippen molar-refractivity contribution in [3.8, 4) is 0 Å². The molecule has 0 fully saturated rings. The molecular weight excluding hydrogens is 348 g/mol. The first-order valence-electron chi connectivity index (χ1n) is 9.70. The van der Waals surface area contributed by atoms with E-state index >= 15 is 0 Å². The third kappa shape index (κ3) is 3.99. The van der Waals surface area contributed by atoms with E-state index in [0.29, 0.717) is 19.5 Å². The van der Waals surface area contributed by atoms with Crippen LogP contribution in [0.1, 0.15) is 28.1 Å². The van der Waals surface area contributed by atoms with Crippen LogP contribution in [0, 0.1) is 6.92 Å². The Bertz CT molecular complexity index is 933. The Morgan fingerprint density at radius 1 is 1.14 bits per heavy atom. The summed E-state index contributed by atoms with van der Waals surface area (Å²) in [6.45, 7) is 4.15. The fourth-order valence-electron chi connectivity index (χ4n) is 3.81. The quantitative estimate of drug-likeness (QED) is 0.745. The summed E-state index contributed by atoms with van der Waals surface area (Å²) in [5, 5.41) is 0. The van der Waals surface area contributed by atoms with Crippen LogP contribution in [0.25, 0.3) is 0 Å². The summed E-state index contributed by atoms with van der Waals surface area (Å²) in [5.41, 5.74) is 5.72. The molecule has 0 saturated heterocycles. The van der Waals surface area contributed by atoms with E-state index in [1.807, 2.05) is 30.1 Å². The minimum Gasteiger partial charge on any atom is -0.347 e. The largest absolute Gasteiger partial charge is 0.347 e. The van der Waals surface area contributed by atoms with Crippen molar-refractivity contribution in [3.05, 3.63) is 89.0 Å². The van der Waals surface area contributed by atoms with Crippen molar-refractivity contribution in [2.45, 2.75) is 39.0 Å². The highest BCUT2D eigenvalue weighted by Crippen LogP contribution is 2.24. The lowest BCUT2D eigenvalue weighted by molar-refractivity contribution is -0.137. The van der Waals surface area contributed by atoms with Gasteiger partial charge in [0, 0.05) is 33.1 Å². The minimum absolute atomic E-state index is 0.143. The number of likely N-dealkylation sites (N-methyl/N-ethyl adjacent to an activating group) is 1. The SMILES string of the molecule is Cc1ccc(CN2Cc3[nH]cnc3C[C@H]2C(=O)N(C)Cc2ccccc2)cc1. The molecule has 0 unspecified atom stereocenters. The number of fused-ring (bicyclic) bond motifs is 1. The van der Waals surface area contributed by atoms with Crippen LogP contribution >= 0.6 is 0 Å². The van der Waals surface area contributed by atoms with Gasteiger partial charge in [0.2, 0.25) is 5.91 Å². The molecule has 5 heteroatoms. The van der Waals surface area contributed by atoms with Gasteiger partial charge in [0.15, 0.2) is 0 Å². The topological polar surface area (TPSA) is 52.2 Å². The number of hydrogen-bond donors (Lipinski definition) is 1. The highest BCUT2D eigenvalue weighted by molar-refractivity contribution is 5.82. The Hall–Kier alpha value is -2.92. The number of hydrogen-bond acceptors (Lipinski definition) is 3. The summed E-state index contributed by atoms with van der Waals surface area (Å²) in [7, 11) is 1.89. The Morgan fingerprint density at radius 2 is 1.89 bits per heavy atom. The Kier molecular flexibility index (Phi) is 5.26. The fourth-order valence-corrected chi connectivity index (χ4v) is 3.81. The second-order valence-corrected chi connectivity index (χ2v) is 7.62. The first-order chi connectivity index (χ1) is 13.6. The van der Waals surface area contributed by atoms with Crippen molar-refractivity contribution in [1.82, 2.24) is 19.8 Å². The highest BCUT2D eigenvalue weighted by Gasteiger charge is 2.34. The lowest BCUT2D eigenvalue weighted by Crippen LogP contribution is -2.50. The number of carbonyl (C=O) groups is 1. The van der Waals surface area contributed by atoms with Gasteiger partial charge in [-0.15, -0.1) is 0 Å². The van der Waals surface area contributed by atoms with Gasteiger partial charge in [-0.1, -0.05) is 60.2 Å². The number of aryl methyl sites for hydroxylation is 1. The molecule has 1 aliphatic rings. The molecule has 1 atom stereocenters. The van der Waals surface area contributed by atoms with E-state index in [2.05, 4.69) is 58.2 Å². The van der Waals surface area contributed by atoms with Crippen LogP contribution < -0.4 is 0 Å². The zero-order valence-electron chi connectivity index (χ0n) is 16.4. The van der Waals surface area contributed by atoms with Crippen molar-refractivity contribution in [3.63, 3.8) is 0 Å². The number of benzene rings is 2. The minimum atomic E-state index is -0.203. The van der Waals surface area contributed by atoms with Gasteiger partial charge in [-0.05, 0) is 18.1 Å². The molecular formula is C23H26N4O. The van der Waals surface area contributed by atoms with Crippen molar-refractivity contribution >= 4 is 5.91 Å². The second kappa shape index (κ2) is 7.98. The Labute approximate surface area is 166 Å². The molecule has 0 aliphatic carbocycles. The number of aromatic amines is 1. The molecule has 144 valence electrons. The molecule has 0 spiro atoms. The molecule has 1 N–H and O–H groups in total. The summed E-state index contributed by atoms with van der Waals surface area (Å²) in [4.78, 5) is 25.1. The Balaban J connectivity index is 1.54. The molecule has 5 nitrogen and oxygen atoms in total. The van der Waals surface area contributed by atoms with E-state index in [-0.39, 0.29) is 11.9 Å². The molecule has 2 aromatic carbocycles. The predicted molar refractivity (Wildman–Crippen MR) is 109 cm³/mol. The summed E-state index contributed by atoms with van der Waals surface area (Å²) >= 11 is 0. The second-order valence-electron chi connectivity index (χ2n) is 7.62. The van der Waals surface area contributed by atoms with Crippen LogP contribution in [-0.4, -0.2) is 38.8 Å². The smallest absolute Gasteiger partial charge is 0.240 e. The number of nitrogens with one attached hydrogen (secondary N) is 1. The molecule has 0 bridgehead atoms. The molecule has 2 heterocycles. The monoisotopic (exact) mass is 374 g/mol.